The van der Waals surface area contributed by atoms with Crippen molar-refractivity contribution < 1.29 is 14.2 Å². The SMILES string of the molecule is Cc1ccncc1OCC1COCCO1. The average Bonchev–Trinajstić information content (AvgIpc) is 2.29. The van der Waals surface area contributed by atoms with Gasteiger partial charge in [0.05, 0.1) is 26.0 Å². The first kappa shape index (κ1) is 10.4. The minimum absolute atomic E-state index is 0.0401. The highest BCUT2D eigenvalue weighted by Crippen LogP contribution is 2.15. The molecule has 82 valence electrons. The highest BCUT2D eigenvalue weighted by atomic mass is 16.6. The first-order valence-electron chi connectivity index (χ1n) is 5.09. The lowest BCUT2D eigenvalue weighted by Gasteiger charge is -2.23. The van der Waals surface area contributed by atoms with Crippen molar-refractivity contribution in [2.24, 2.45) is 0 Å². The van der Waals surface area contributed by atoms with E-state index < -0.39 is 0 Å². The topological polar surface area (TPSA) is 40.6 Å². The molecule has 1 aromatic rings. The molecule has 0 amide bonds. The second-order valence-electron chi connectivity index (χ2n) is 3.52. The number of ether oxygens (including phenoxy) is 3. The third-order valence-corrected chi connectivity index (χ3v) is 2.30. The molecule has 4 nitrogen and oxygen atoms in total. The summed E-state index contributed by atoms with van der Waals surface area (Å²) in [5.74, 6) is 0.812. The molecule has 0 spiro atoms. The summed E-state index contributed by atoms with van der Waals surface area (Å²) in [6.45, 7) is 4.46. The van der Waals surface area contributed by atoms with E-state index in [0.29, 0.717) is 26.4 Å². The average molecular weight is 209 g/mol. The Morgan fingerprint density at radius 2 is 2.47 bits per heavy atom. The fraction of sp³-hybridized carbons (Fsp3) is 0.545. The molecule has 0 bridgehead atoms. The Morgan fingerprint density at radius 3 is 3.20 bits per heavy atom. The first-order chi connectivity index (χ1) is 7.36. The zero-order valence-electron chi connectivity index (χ0n) is 8.81. The van der Waals surface area contributed by atoms with Gasteiger partial charge in [-0.15, -0.1) is 0 Å². The maximum atomic E-state index is 5.61. The lowest BCUT2D eigenvalue weighted by Crippen LogP contribution is -2.33. The zero-order valence-corrected chi connectivity index (χ0v) is 8.81. The predicted molar refractivity (Wildman–Crippen MR) is 55.0 cm³/mol. The Labute approximate surface area is 89.2 Å². The van der Waals surface area contributed by atoms with Gasteiger partial charge in [-0.1, -0.05) is 0 Å². The van der Waals surface area contributed by atoms with Gasteiger partial charge in [0.2, 0.25) is 0 Å². The van der Waals surface area contributed by atoms with Crippen LogP contribution in [0.2, 0.25) is 0 Å². The van der Waals surface area contributed by atoms with E-state index in [1.165, 1.54) is 0 Å². The highest BCUT2D eigenvalue weighted by molar-refractivity contribution is 5.27. The van der Waals surface area contributed by atoms with Crippen LogP contribution in [0.4, 0.5) is 0 Å². The van der Waals surface area contributed by atoms with E-state index in [-0.39, 0.29) is 6.10 Å². The second kappa shape index (κ2) is 5.09. The maximum absolute atomic E-state index is 5.61. The number of aryl methyl sites for hydroxylation is 1. The monoisotopic (exact) mass is 209 g/mol. The van der Waals surface area contributed by atoms with E-state index in [2.05, 4.69) is 4.98 Å². The van der Waals surface area contributed by atoms with Crippen LogP contribution in [-0.2, 0) is 9.47 Å². The van der Waals surface area contributed by atoms with Gasteiger partial charge >= 0.3 is 0 Å². The molecule has 1 saturated heterocycles. The summed E-state index contributed by atoms with van der Waals surface area (Å²) in [4.78, 5) is 4.01. The minimum atomic E-state index is 0.0401. The third kappa shape index (κ3) is 2.91. The summed E-state index contributed by atoms with van der Waals surface area (Å²) in [5, 5.41) is 0. The highest BCUT2D eigenvalue weighted by Gasteiger charge is 2.15. The summed E-state index contributed by atoms with van der Waals surface area (Å²) in [6, 6.07) is 1.92. The van der Waals surface area contributed by atoms with Gasteiger partial charge in [0.15, 0.2) is 0 Å². The van der Waals surface area contributed by atoms with Gasteiger partial charge in [-0.05, 0) is 18.6 Å². The lowest BCUT2D eigenvalue weighted by molar-refractivity contribution is -0.101. The molecular formula is C11H15NO3. The molecule has 0 N–H and O–H groups in total. The van der Waals surface area contributed by atoms with Crippen molar-refractivity contribution in [3.05, 3.63) is 24.0 Å². The normalized spacial score (nSPS) is 21.3. The van der Waals surface area contributed by atoms with Crippen LogP contribution in [0, 0.1) is 6.92 Å². The molecule has 1 aromatic heterocycles. The van der Waals surface area contributed by atoms with Crippen LogP contribution >= 0.6 is 0 Å². The van der Waals surface area contributed by atoms with Crippen molar-refractivity contribution in [2.45, 2.75) is 13.0 Å². The van der Waals surface area contributed by atoms with Crippen LogP contribution < -0.4 is 4.74 Å². The van der Waals surface area contributed by atoms with Crippen LogP contribution in [-0.4, -0.2) is 37.5 Å². The Morgan fingerprint density at radius 1 is 1.53 bits per heavy atom. The van der Waals surface area contributed by atoms with E-state index in [0.717, 1.165) is 11.3 Å². The van der Waals surface area contributed by atoms with Gasteiger partial charge in [-0.3, -0.25) is 4.98 Å². The number of aromatic nitrogens is 1. The van der Waals surface area contributed by atoms with Crippen LogP contribution in [0.3, 0.4) is 0 Å². The fourth-order valence-electron chi connectivity index (χ4n) is 1.42. The van der Waals surface area contributed by atoms with Crippen molar-refractivity contribution in [1.82, 2.24) is 4.98 Å². The summed E-state index contributed by atoms with van der Waals surface area (Å²) < 4.78 is 16.4. The maximum Gasteiger partial charge on any atom is 0.140 e. The van der Waals surface area contributed by atoms with Gasteiger partial charge < -0.3 is 14.2 Å². The van der Waals surface area contributed by atoms with Crippen molar-refractivity contribution in [2.75, 3.05) is 26.4 Å². The summed E-state index contributed by atoms with van der Waals surface area (Å²) >= 11 is 0. The second-order valence-corrected chi connectivity index (χ2v) is 3.52. The molecule has 2 rings (SSSR count). The molecule has 1 atom stereocenters. The molecular weight excluding hydrogens is 194 g/mol. The summed E-state index contributed by atoms with van der Waals surface area (Å²) in [6.07, 6.45) is 3.51. The molecule has 0 aliphatic carbocycles. The molecule has 15 heavy (non-hydrogen) atoms. The number of nitrogens with zero attached hydrogens (tertiary/aromatic N) is 1. The van der Waals surface area contributed by atoms with Crippen molar-refractivity contribution in [3.8, 4) is 5.75 Å². The quantitative estimate of drug-likeness (QED) is 0.749. The Kier molecular flexibility index (Phi) is 3.53. The zero-order chi connectivity index (χ0) is 10.5. The Bertz CT molecular complexity index is 310. The van der Waals surface area contributed by atoms with Crippen molar-refractivity contribution in [1.29, 1.82) is 0 Å². The van der Waals surface area contributed by atoms with Gasteiger partial charge in [0.1, 0.15) is 18.5 Å². The minimum Gasteiger partial charge on any atom is -0.489 e. The van der Waals surface area contributed by atoms with Gasteiger partial charge in [0, 0.05) is 6.20 Å². The van der Waals surface area contributed by atoms with Gasteiger partial charge in [0.25, 0.3) is 0 Å². The summed E-state index contributed by atoms with van der Waals surface area (Å²) in [5.41, 5.74) is 1.08. The smallest absolute Gasteiger partial charge is 0.140 e. The van der Waals surface area contributed by atoms with Gasteiger partial charge in [-0.2, -0.15) is 0 Å². The molecule has 0 aromatic carbocycles. The Hall–Kier alpha value is -1.13. The van der Waals surface area contributed by atoms with Crippen LogP contribution in [0.1, 0.15) is 5.56 Å². The Balaban J connectivity index is 1.84. The molecule has 1 fully saturated rings. The van der Waals surface area contributed by atoms with E-state index >= 15 is 0 Å². The molecule has 1 aliphatic rings. The standard InChI is InChI=1S/C11H15NO3/c1-9-2-3-12-6-11(9)15-8-10-7-13-4-5-14-10/h2-3,6,10H,4-5,7-8H2,1H3. The molecule has 1 aliphatic heterocycles. The van der Waals surface area contributed by atoms with Crippen LogP contribution in [0.5, 0.6) is 5.75 Å². The predicted octanol–water partition coefficient (Wildman–Crippen LogP) is 1.18. The number of hydrogen-bond donors (Lipinski definition) is 0. The lowest BCUT2D eigenvalue weighted by atomic mass is 10.3. The third-order valence-electron chi connectivity index (χ3n) is 2.30. The molecule has 2 heterocycles. The molecule has 0 radical (unpaired) electrons. The number of rotatable bonds is 3. The molecule has 4 heteroatoms. The van der Waals surface area contributed by atoms with E-state index in [1.54, 1.807) is 12.4 Å². The number of pyridine rings is 1. The molecule has 1 unspecified atom stereocenters. The van der Waals surface area contributed by atoms with Crippen molar-refractivity contribution >= 4 is 0 Å². The fourth-order valence-corrected chi connectivity index (χ4v) is 1.42. The van der Waals surface area contributed by atoms with Crippen LogP contribution in [0.15, 0.2) is 18.5 Å². The first-order valence-corrected chi connectivity index (χ1v) is 5.09. The van der Waals surface area contributed by atoms with Crippen molar-refractivity contribution in [3.63, 3.8) is 0 Å². The van der Waals surface area contributed by atoms with E-state index in [9.17, 15) is 0 Å². The molecule has 0 saturated carbocycles. The van der Waals surface area contributed by atoms with Gasteiger partial charge in [-0.25, -0.2) is 0 Å². The summed E-state index contributed by atoms with van der Waals surface area (Å²) in [7, 11) is 0. The van der Waals surface area contributed by atoms with Crippen LogP contribution in [0.25, 0.3) is 0 Å². The number of hydrogen-bond acceptors (Lipinski definition) is 4. The largest absolute Gasteiger partial charge is 0.489 e. The van der Waals surface area contributed by atoms with E-state index in [1.807, 2.05) is 13.0 Å². The van der Waals surface area contributed by atoms with E-state index in [4.69, 9.17) is 14.2 Å².